The maximum Gasteiger partial charge on any atom is 0.257 e. The van der Waals surface area contributed by atoms with E-state index >= 15 is 0 Å². The minimum Gasteiger partial charge on any atom is -0.465 e. The standard InChI is InChI=1S/C9H16ClNO3S2/c1-9(2,3)14-8(15)11-7-5-16(12,13)4-6(7)10/h6-7H,4-5H2,1-3H3,(H,11,15). The Morgan fingerprint density at radius 2 is 2.00 bits per heavy atom. The molecular weight excluding hydrogens is 270 g/mol. The average Bonchev–Trinajstić information content (AvgIpc) is 2.19. The molecule has 16 heavy (non-hydrogen) atoms. The van der Waals surface area contributed by atoms with Gasteiger partial charge in [0.25, 0.3) is 5.17 Å². The molecule has 0 aliphatic carbocycles. The van der Waals surface area contributed by atoms with Crippen LogP contribution in [-0.4, -0.2) is 42.1 Å². The molecule has 1 fully saturated rings. The van der Waals surface area contributed by atoms with Gasteiger partial charge in [0.1, 0.15) is 5.60 Å². The number of hydrogen-bond acceptors (Lipinski definition) is 4. The SMILES string of the molecule is CC(C)(C)OC(=S)NC1CS(=O)(=O)CC1Cl. The minimum absolute atomic E-state index is 0.00874. The smallest absolute Gasteiger partial charge is 0.257 e. The van der Waals surface area contributed by atoms with Crippen molar-refractivity contribution in [3.8, 4) is 0 Å². The van der Waals surface area contributed by atoms with E-state index in [1.807, 2.05) is 20.8 Å². The van der Waals surface area contributed by atoms with E-state index in [0.717, 1.165) is 0 Å². The van der Waals surface area contributed by atoms with Crippen LogP contribution in [-0.2, 0) is 14.6 Å². The molecule has 0 aromatic carbocycles. The fourth-order valence-corrected chi connectivity index (χ4v) is 4.35. The molecule has 2 unspecified atom stereocenters. The number of thiocarbonyl (C=S) groups is 1. The van der Waals surface area contributed by atoms with Crippen LogP contribution in [0.5, 0.6) is 0 Å². The van der Waals surface area contributed by atoms with E-state index in [1.165, 1.54) is 0 Å². The Hall–Kier alpha value is -0.0700. The van der Waals surface area contributed by atoms with Gasteiger partial charge in [-0.05, 0) is 33.0 Å². The molecule has 1 aliphatic heterocycles. The normalized spacial score (nSPS) is 28.8. The lowest BCUT2D eigenvalue weighted by atomic mass is 10.2. The summed E-state index contributed by atoms with van der Waals surface area (Å²) in [6, 6.07) is -0.360. The lowest BCUT2D eigenvalue weighted by Gasteiger charge is -2.24. The molecule has 1 rings (SSSR count). The molecule has 0 saturated carbocycles. The van der Waals surface area contributed by atoms with Crippen LogP contribution < -0.4 is 5.32 Å². The van der Waals surface area contributed by atoms with Crippen molar-refractivity contribution in [2.75, 3.05) is 11.5 Å². The zero-order chi connectivity index (χ0) is 12.6. The Bertz CT molecular complexity index is 375. The van der Waals surface area contributed by atoms with Gasteiger partial charge in [-0.25, -0.2) is 8.42 Å². The molecular formula is C9H16ClNO3S2. The van der Waals surface area contributed by atoms with E-state index in [4.69, 9.17) is 28.6 Å². The predicted octanol–water partition coefficient (Wildman–Crippen LogP) is 1.08. The van der Waals surface area contributed by atoms with Crippen LogP contribution >= 0.6 is 23.8 Å². The molecule has 0 amide bonds. The third kappa shape index (κ3) is 4.43. The summed E-state index contributed by atoms with van der Waals surface area (Å²) < 4.78 is 28.0. The number of nitrogens with one attached hydrogen (secondary N) is 1. The summed E-state index contributed by atoms with van der Waals surface area (Å²) in [6.45, 7) is 5.60. The first kappa shape index (κ1) is 14.0. The maximum atomic E-state index is 11.3. The largest absolute Gasteiger partial charge is 0.465 e. The second-order valence-electron chi connectivity index (χ2n) is 4.85. The van der Waals surface area contributed by atoms with E-state index in [0.29, 0.717) is 0 Å². The van der Waals surface area contributed by atoms with Gasteiger partial charge in [0.05, 0.1) is 22.9 Å². The molecule has 1 heterocycles. The molecule has 0 bridgehead atoms. The molecule has 7 heteroatoms. The summed E-state index contributed by atoms with van der Waals surface area (Å²) in [5.41, 5.74) is -0.399. The third-order valence-corrected chi connectivity index (χ3v) is 4.56. The fourth-order valence-electron chi connectivity index (χ4n) is 1.40. The molecule has 0 aromatic rings. The molecule has 1 N–H and O–H groups in total. The lowest BCUT2D eigenvalue weighted by Crippen LogP contribution is -2.43. The highest BCUT2D eigenvalue weighted by atomic mass is 35.5. The van der Waals surface area contributed by atoms with Crippen molar-refractivity contribution in [3.63, 3.8) is 0 Å². The van der Waals surface area contributed by atoms with Gasteiger partial charge in [-0.3, -0.25) is 0 Å². The Morgan fingerprint density at radius 1 is 1.44 bits per heavy atom. The van der Waals surface area contributed by atoms with Crippen molar-refractivity contribution in [1.29, 1.82) is 0 Å². The van der Waals surface area contributed by atoms with Crippen LogP contribution in [0.3, 0.4) is 0 Å². The fraction of sp³-hybridized carbons (Fsp3) is 0.889. The summed E-state index contributed by atoms with van der Waals surface area (Å²) >= 11 is 10.9. The van der Waals surface area contributed by atoms with Gasteiger partial charge in [0.2, 0.25) is 0 Å². The monoisotopic (exact) mass is 285 g/mol. The van der Waals surface area contributed by atoms with Crippen LogP contribution in [0.15, 0.2) is 0 Å². The molecule has 1 saturated heterocycles. The average molecular weight is 286 g/mol. The molecule has 94 valence electrons. The van der Waals surface area contributed by atoms with E-state index in [2.05, 4.69) is 5.32 Å². The van der Waals surface area contributed by atoms with Crippen molar-refractivity contribution in [1.82, 2.24) is 5.32 Å². The number of halogens is 1. The second kappa shape index (κ2) is 4.66. The molecule has 4 nitrogen and oxygen atoms in total. The zero-order valence-corrected chi connectivity index (χ0v) is 11.9. The predicted molar refractivity (Wildman–Crippen MR) is 68.7 cm³/mol. The number of ether oxygens (including phenoxy) is 1. The van der Waals surface area contributed by atoms with Crippen LogP contribution in [0.4, 0.5) is 0 Å². The van der Waals surface area contributed by atoms with E-state index in [-0.39, 0.29) is 22.7 Å². The Balaban J connectivity index is 2.53. The summed E-state index contributed by atoms with van der Waals surface area (Å²) in [4.78, 5) is 0. The maximum absolute atomic E-state index is 11.3. The highest BCUT2D eigenvalue weighted by Gasteiger charge is 2.37. The van der Waals surface area contributed by atoms with Gasteiger partial charge in [-0.1, -0.05) is 0 Å². The minimum atomic E-state index is -3.04. The molecule has 0 radical (unpaired) electrons. The zero-order valence-electron chi connectivity index (χ0n) is 9.49. The van der Waals surface area contributed by atoms with Crippen LogP contribution in [0.25, 0.3) is 0 Å². The van der Waals surface area contributed by atoms with E-state index < -0.39 is 20.8 Å². The van der Waals surface area contributed by atoms with Crippen molar-refractivity contribution in [2.45, 2.75) is 37.8 Å². The number of rotatable bonds is 1. The van der Waals surface area contributed by atoms with E-state index in [9.17, 15) is 8.42 Å². The second-order valence-corrected chi connectivity index (χ2v) is 7.93. The van der Waals surface area contributed by atoms with Crippen LogP contribution in [0.2, 0.25) is 0 Å². The van der Waals surface area contributed by atoms with E-state index in [1.54, 1.807) is 0 Å². The van der Waals surface area contributed by atoms with Gasteiger partial charge < -0.3 is 10.1 Å². The molecule has 1 aliphatic rings. The summed E-state index contributed by atoms with van der Waals surface area (Å²) in [7, 11) is -3.04. The van der Waals surface area contributed by atoms with Gasteiger partial charge in [0, 0.05) is 0 Å². The first-order valence-electron chi connectivity index (χ1n) is 4.93. The number of sulfone groups is 1. The molecule has 0 aromatic heterocycles. The first-order valence-corrected chi connectivity index (χ1v) is 7.60. The van der Waals surface area contributed by atoms with Crippen molar-refractivity contribution < 1.29 is 13.2 Å². The van der Waals surface area contributed by atoms with Gasteiger partial charge in [-0.15, -0.1) is 11.6 Å². The summed E-state index contributed by atoms with van der Waals surface area (Å²) in [5.74, 6) is -0.000830. The number of hydrogen-bond donors (Lipinski definition) is 1. The molecule has 2 atom stereocenters. The highest BCUT2D eigenvalue weighted by molar-refractivity contribution is 7.91. The van der Waals surface area contributed by atoms with Gasteiger partial charge in [-0.2, -0.15) is 0 Å². The summed E-state index contributed by atoms with van der Waals surface area (Å²) in [5, 5.41) is 2.58. The van der Waals surface area contributed by atoms with Crippen molar-refractivity contribution in [3.05, 3.63) is 0 Å². The summed E-state index contributed by atoms with van der Waals surface area (Å²) in [6.07, 6.45) is 0. The van der Waals surface area contributed by atoms with Crippen molar-refractivity contribution in [2.24, 2.45) is 0 Å². The van der Waals surface area contributed by atoms with Crippen LogP contribution in [0, 0.1) is 0 Å². The Morgan fingerprint density at radius 3 is 2.38 bits per heavy atom. The van der Waals surface area contributed by atoms with Crippen LogP contribution in [0.1, 0.15) is 20.8 Å². The van der Waals surface area contributed by atoms with Crippen molar-refractivity contribution >= 4 is 38.8 Å². The van der Waals surface area contributed by atoms with Gasteiger partial charge in [0.15, 0.2) is 9.84 Å². The Kier molecular flexibility index (Phi) is 4.08. The number of alkyl halides is 1. The van der Waals surface area contributed by atoms with Gasteiger partial charge >= 0.3 is 0 Å². The third-order valence-electron chi connectivity index (χ3n) is 1.99. The first-order chi connectivity index (χ1) is 7.09. The molecule has 0 spiro atoms. The Labute approximate surface area is 107 Å². The highest BCUT2D eigenvalue weighted by Crippen LogP contribution is 2.18. The lowest BCUT2D eigenvalue weighted by molar-refractivity contribution is 0.113. The quantitative estimate of drug-likeness (QED) is 0.577. The topological polar surface area (TPSA) is 55.4 Å².